The minimum atomic E-state index is -0.463. The van der Waals surface area contributed by atoms with E-state index < -0.39 is 5.60 Å². The molecular formula is C28H40N8O3. The van der Waals surface area contributed by atoms with Crippen molar-refractivity contribution in [2.45, 2.75) is 64.5 Å². The SMILES string of the molecule is CC(C)(C)OC(=O)CCCC(N)C1CCCN(c2nc(N3CCOCC3)nc(-n3cnc4ccccc43)n2)C1. The van der Waals surface area contributed by atoms with Crippen LogP contribution in [0.1, 0.15) is 52.9 Å². The maximum atomic E-state index is 12.1. The van der Waals surface area contributed by atoms with Crippen LogP contribution in [0.4, 0.5) is 11.9 Å². The highest BCUT2D eigenvalue weighted by atomic mass is 16.6. The van der Waals surface area contributed by atoms with Crippen LogP contribution >= 0.6 is 0 Å². The molecule has 0 spiro atoms. The number of aromatic nitrogens is 5. The summed E-state index contributed by atoms with van der Waals surface area (Å²) in [5.41, 5.74) is 8.03. The summed E-state index contributed by atoms with van der Waals surface area (Å²) >= 11 is 0. The predicted molar refractivity (Wildman–Crippen MR) is 150 cm³/mol. The second-order valence-electron chi connectivity index (χ2n) is 11.4. The molecule has 1 aromatic carbocycles. The van der Waals surface area contributed by atoms with Gasteiger partial charge in [0.25, 0.3) is 0 Å². The van der Waals surface area contributed by atoms with Gasteiger partial charge in [0.1, 0.15) is 11.9 Å². The third-order valence-corrected chi connectivity index (χ3v) is 7.25. The van der Waals surface area contributed by atoms with Gasteiger partial charge in [-0.3, -0.25) is 9.36 Å². The van der Waals surface area contributed by atoms with Crippen molar-refractivity contribution in [1.29, 1.82) is 0 Å². The number of hydrogen-bond donors (Lipinski definition) is 1. The number of para-hydroxylation sites is 2. The normalized spacial score (nSPS) is 19.3. The van der Waals surface area contributed by atoms with Gasteiger partial charge in [0.15, 0.2) is 0 Å². The fourth-order valence-corrected chi connectivity index (χ4v) is 5.27. The molecule has 2 aliphatic rings. The van der Waals surface area contributed by atoms with E-state index in [1.807, 2.05) is 49.6 Å². The Balaban J connectivity index is 1.33. The van der Waals surface area contributed by atoms with Crippen molar-refractivity contribution < 1.29 is 14.3 Å². The fourth-order valence-electron chi connectivity index (χ4n) is 5.27. The molecule has 11 heteroatoms. The van der Waals surface area contributed by atoms with E-state index in [-0.39, 0.29) is 12.0 Å². The van der Waals surface area contributed by atoms with Crippen molar-refractivity contribution in [2.75, 3.05) is 49.2 Å². The number of carbonyl (C=O) groups excluding carboxylic acids is 1. The molecule has 11 nitrogen and oxygen atoms in total. The van der Waals surface area contributed by atoms with E-state index in [4.69, 9.17) is 30.2 Å². The molecule has 2 unspecified atom stereocenters. The fraction of sp³-hybridized carbons (Fsp3) is 0.607. The van der Waals surface area contributed by atoms with Gasteiger partial charge in [-0.25, -0.2) is 4.98 Å². The van der Waals surface area contributed by atoms with Crippen LogP contribution in [0.3, 0.4) is 0 Å². The van der Waals surface area contributed by atoms with Gasteiger partial charge in [0, 0.05) is 38.6 Å². The Kier molecular flexibility index (Phi) is 8.27. The Hall–Kier alpha value is -3.31. The molecule has 2 atom stereocenters. The number of carbonyl (C=O) groups is 1. The number of fused-ring (bicyclic) bond motifs is 1. The molecule has 0 bridgehead atoms. The highest BCUT2D eigenvalue weighted by Crippen LogP contribution is 2.27. The summed E-state index contributed by atoms with van der Waals surface area (Å²) in [4.78, 5) is 35.7. The van der Waals surface area contributed by atoms with E-state index in [0.29, 0.717) is 43.4 Å². The Labute approximate surface area is 229 Å². The summed E-state index contributed by atoms with van der Waals surface area (Å²) in [6.45, 7) is 10.1. The standard InChI is InChI=1S/C28H40N8O3/c1-28(2,3)39-24(37)12-6-9-21(29)20-8-7-13-35(18-20)26-31-25(34-14-16-38-17-15-34)32-27(33-26)36-19-30-22-10-4-5-11-23(22)36/h4-5,10-11,19-21H,6-9,12-18,29H2,1-3H3. The molecule has 0 amide bonds. The van der Waals surface area contributed by atoms with Crippen LogP contribution in [-0.2, 0) is 14.3 Å². The van der Waals surface area contributed by atoms with Crippen molar-refractivity contribution in [2.24, 2.45) is 11.7 Å². The number of ether oxygens (including phenoxy) is 2. The van der Waals surface area contributed by atoms with E-state index in [1.54, 1.807) is 6.33 Å². The zero-order chi connectivity index (χ0) is 27.4. The van der Waals surface area contributed by atoms with E-state index in [2.05, 4.69) is 14.8 Å². The largest absolute Gasteiger partial charge is 0.460 e. The van der Waals surface area contributed by atoms with E-state index in [0.717, 1.165) is 62.9 Å². The molecule has 4 heterocycles. The number of piperidine rings is 1. The van der Waals surface area contributed by atoms with Gasteiger partial charge in [0.05, 0.1) is 24.2 Å². The van der Waals surface area contributed by atoms with Gasteiger partial charge in [-0.05, 0) is 64.5 Å². The number of nitrogens with two attached hydrogens (primary N) is 1. The summed E-state index contributed by atoms with van der Waals surface area (Å²) < 4.78 is 12.9. The third-order valence-electron chi connectivity index (χ3n) is 7.25. The highest BCUT2D eigenvalue weighted by Gasteiger charge is 2.28. The summed E-state index contributed by atoms with van der Waals surface area (Å²) in [7, 11) is 0. The monoisotopic (exact) mass is 536 g/mol. The molecule has 2 aliphatic heterocycles. The summed E-state index contributed by atoms with van der Waals surface area (Å²) in [6, 6.07) is 7.96. The Bertz CT molecular complexity index is 1270. The molecule has 2 fully saturated rings. The van der Waals surface area contributed by atoms with Gasteiger partial charge < -0.3 is 25.0 Å². The zero-order valence-corrected chi connectivity index (χ0v) is 23.3. The first-order valence-corrected chi connectivity index (χ1v) is 14.0. The number of benzene rings is 1. The molecule has 3 aromatic rings. The highest BCUT2D eigenvalue weighted by molar-refractivity contribution is 5.76. The van der Waals surface area contributed by atoms with Crippen LogP contribution in [0.5, 0.6) is 0 Å². The smallest absolute Gasteiger partial charge is 0.306 e. The number of esters is 1. The molecule has 5 rings (SSSR count). The average molecular weight is 537 g/mol. The zero-order valence-electron chi connectivity index (χ0n) is 23.3. The molecule has 0 saturated carbocycles. The Morgan fingerprint density at radius 2 is 1.79 bits per heavy atom. The number of rotatable bonds is 8. The molecular weight excluding hydrogens is 496 g/mol. The minimum Gasteiger partial charge on any atom is -0.460 e. The predicted octanol–water partition coefficient (Wildman–Crippen LogP) is 3.10. The van der Waals surface area contributed by atoms with Gasteiger partial charge in [0.2, 0.25) is 17.8 Å². The quantitative estimate of drug-likeness (QED) is 0.429. The van der Waals surface area contributed by atoms with Crippen LogP contribution < -0.4 is 15.5 Å². The van der Waals surface area contributed by atoms with E-state index >= 15 is 0 Å². The number of nitrogens with zero attached hydrogens (tertiary/aromatic N) is 7. The Morgan fingerprint density at radius 1 is 1.08 bits per heavy atom. The minimum absolute atomic E-state index is 0.00662. The second-order valence-corrected chi connectivity index (χ2v) is 11.4. The van der Waals surface area contributed by atoms with Crippen molar-refractivity contribution in [3.8, 4) is 5.95 Å². The van der Waals surface area contributed by atoms with Gasteiger partial charge in [-0.2, -0.15) is 15.0 Å². The first-order chi connectivity index (χ1) is 18.8. The lowest BCUT2D eigenvalue weighted by molar-refractivity contribution is -0.154. The number of hydrogen-bond acceptors (Lipinski definition) is 10. The van der Waals surface area contributed by atoms with Crippen LogP contribution in [0.15, 0.2) is 30.6 Å². The van der Waals surface area contributed by atoms with E-state index in [1.165, 1.54) is 0 Å². The molecule has 2 saturated heterocycles. The number of anilines is 2. The molecule has 2 aromatic heterocycles. The van der Waals surface area contributed by atoms with Crippen molar-refractivity contribution >= 4 is 28.9 Å². The first kappa shape index (κ1) is 27.3. The van der Waals surface area contributed by atoms with Crippen molar-refractivity contribution in [3.63, 3.8) is 0 Å². The summed E-state index contributed by atoms with van der Waals surface area (Å²) in [5, 5.41) is 0. The lowest BCUT2D eigenvalue weighted by atomic mass is 9.88. The Morgan fingerprint density at radius 3 is 2.56 bits per heavy atom. The molecule has 2 N–H and O–H groups in total. The van der Waals surface area contributed by atoms with Gasteiger partial charge in [-0.1, -0.05) is 12.1 Å². The molecule has 210 valence electrons. The van der Waals surface area contributed by atoms with Crippen LogP contribution in [0.2, 0.25) is 0 Å². The van der Waals surface area contributed by atoms with Gasteiger partial charge in [-0.15, -0.1) is 0 Å². The van der Waals surface area contributed by atoms with Crippen LogP contribution in [0, 0.1) is 5.92 Å². The topological polar surface area (TPSA) is 125 Å². The summed E-state index contributed by atoms with van der Waals surface area (Å²) in [5.74, 6) is 1.99. The average Bonchev–Trinajstić information content (AvgIpc) is 3.37. The molecule has 39 heavy (non-hydrogen) atoms. The van der Waals surface area contributed by atoms with Crippen molar-refractivity contribution in [3.05, 3.63) is 30.6 Å². The van der Waals surface area contributed by atoms with Crippen molar-refractivity contribution in [1.82, 2.24) is 24.5 Å². The molecule has 0 aliphatic carbocycles. The van der Waals surface area contributed by atoms with E-state index in [9.17, 15) is 4.79 Å². The lowest BCUT2D eigenvalue weighted by Crippen LogP contribution is -2.45. The maximum absolute atomic E-state index is 12.1. The second kappa shape index (κ2) is 11.8. The summed E-state index contributed by atoms with van der Waals surface area (Å²) in [6.07, 6.45) is 5.71. The van der Waals surface area contributed by atoms with Crippen LogP contribution in [-0.4, -0.2) is 81.5 Å². The van der Waals surface area contributed by atoms with Crippen LogP contribution in [0.25, 0.3) is 17.0 Å². The van der Waals surface area contributed by atoms with Gasteiger partial charge >= 0.3 is 5.97 Å². The number of imidazole rings is 1. The maximum Gasteiger partial charge on any atom is 0.306 e. The number of morpholine rings is 1. The first-order valence-electron chi connectivity index (χ1n) is 14.0. The molecule has 0 radical (unpaired) electrons. The lowest BCUT2D eigenvalue weighted by Gasteiger charge is -2.36. The third kappa shape index (κ3) is 6.83.